The minimum atomic E-state index is -0.242. The van der Waals surface area contributed by atoms with E-state index < -0.39 is 0 Å². The second-order valence-corrected chi connectivity index (χ2v) is 4.66. The first-order valence-electron chi connectivity index (χ1n) is 5.67. The van der Waals surface area contributed by atoms with Crippen molar-refractivity contribution in [3.05, 3.63) is 40.9 Å². The van der Waals surface area contributed by atoms with Crippen molar-refractivity contribution in [1.82, 2.24) is 10.5 Å². The van der Waals surface area contributed by atoms with Gasteiger partial charge in [-0.1, -0.05) is 30.3 Å². The van der Waals surface area contributed by atoms with E-state index in [-0.39, 0.29) is 5.91 Å². The summed E-state index contributed by atoms with van der Waals surface area (Å²) in [7, 11) is 0. The van der Waals surface area contributed by atoms with E-state index >= 15 is 0 Å². The second-order valence-electron chi connectivity index (χ2n) is 3.66. The Morgan fingerprint density at radius 3 is 2.78 bits per heavy atom. The van der Waals surface area contributed by atoms with Crippen molar-refractivity contribution in [2.45, 2.75) is 13.8 Å². The number of rotatable bonds is 4. The van der Waals surface area contributed by atoms with Crippen molar-refractivity contribution < 1.29 is 9.63 Å². The summed E-state index contributed by atoms with van der Waals surface area (Å²) in [6, 6.07) is 9.80. The van der Waals surface area contributed by atoms with E-state index in [2.05, 4.69) is 10.5 Å². The Morgan fingerprint density at radius 1 is 1.39 bits per heavy atom. The molecule has 1 amide bonds. The maximum Gasteiger partial charge on any atom is 0.286 e. The SMILES string of the molecule is CCONC(=O)c1sc(-c2ccccc2)nc1C. The third-order valence-electron chi connectivity index (χ3n) is 2.33. The predicted molar refractivity (Wildman–Crippen MR) is 71.4 cm³/mol. The van der Waals surface area contributed by atoms with Crippen molar-refractivity contribution >= 4 is 17.2 Å². The molecule has 0 saturated carbocycles. The lowest BCUT2D eigenvalue weighted by Gasteiger charge is -2.00. The number of hydroxylamine groups is 1. The summed E-state index contributed by atoms with van der Waals surface area (Å²) in [5, 5.41) is 0.842. The molecule has 94 valence electrons. The van der Waals surface area contributed by atoms with E-state index in [1.165, 1.54) is 11.3 Å². The molecule has 0 aliphatic carbocycles. The quantitative estimate of drug-likeness (QED) is 0.862. The van der Waals surface area contributed by atoms with Gasteiger partial charge in [0.2, 0.25) is 0 Å². The van der Waals surface area contributed by atoms with Gasteiger partial charge < -0.3 is 0 Å². The van der Waals surface area contributed by atoms with Crippen LogP contribution in [0.5, 0.6) is 0 Å². The number of amides is 1. The third-order valence-corrected chi connectivity index (χ3v) is 3.54. The van der Waals surface area contributed by atoms with Crippen LogP contribution in [0.1, 0.15) is 22.3 Å². The highest BCUT2D eigenvalue weighted by molar-refractivity contribution is 7.17. The zero-order chi connectivity index (χ0) is 13.0. The summed E-state index contributed by atoms with van der Waals surface area (Å²) in [4.78, 5) is 21.7. The van der Waals surface area contributed by atoms with Crippen LogP contribution in [-0.2, 0) is 4.84 Å². The molecule has 2 aromatic rings. The van der Waals surface area contributed by atoms with E-state index in [1.807, 2.05) is 44.2 Å². The molecule has 2 rings (SSSR count). The standard InChI is InChI=1S/C13H14N2O2S/c1-3-17-15-12(16)11-9(2)14-13(18-11)10-7-5-4-6-8-10/h4-8H,3H2,1-2H3,(H,15,16). The molecule has 1 heterocycles. The lowest BCUT2D eigenvalue weighted by molar-refractivity contribution is 0.0367. The monoisotopic (exact) mass is 262 g/mol. The highest BCUT2D eigenvalue weighted by Crippen LogP contribution is 2.27. The molecular weight excluding hydrogens is 248 g/mol. The van der Waals surface area contributed by atoms with Gasteiger partial charge in [0.1, 0.15) is 9.88 Å². The number of carbonyl (C=O) groups excluding carboxylic acids is 1. The van der Waals surface area contributed by atoms with E-state index in [1.54, 1.807) is 0 Å². The van der Waals surface area contributed by atoms with Crippen LogP contribution in [0.15, 0.2) is 30.3 Å². The second kappa shape index (κ2) is 5.75. The van der Waals surface area contributed by atoms with Crippen LogP contribution in [0.2, 0.25) is 0 Å². The van der Waals surface area contributed by atoms with Gasteiger partial charge in [0.15, 0.2) is 0 Å². The number of hydrogen-bond donors (Lipinski definition) is 1. The largest absolute Gasteiger partial charge is 0.286 e. The maximum atomic E-state index is 11.8. The molecule has 1 N–H and O–H groups in total. The van der Waals surface area contributed by atoms with Crippen LogP contribution < -0.4 is 5.48 Å². The highest BCUT2D eigenvalue weighted by atomic mass is 32.1. The van der Waals surface area contributed by atoms with Crippen LogP contribution in [0.3, 0.4) is 0 Å². The summed E-state index contributed by atoms with van der Waals surface area (Å²) in [6.45, 7) is 4.08. The lowest BCUT2D eigenvalue weighted by Crippen LogP contribution is -2.23. The molecule has 0 aliphatic rings. The molecular formula is C13H14N2O2S. The van der Waals surface area contributed by atoms with Crippen molar-refractivity contribution in [2.75, 3.05) is 6.61 Å². The maximum absolute atomic E-state index is 11.8. The van der Waals surface area contributed by atoms with Gasteiger partial charge in [-0.15, -0.1) is 11.3 Å². The van der Waals surface area contributed by atoms with Crippen LogP contribution in [0.4, 0.5) is 0 Å². The topological polar surface area (TPSA) is 51.2 Å². The minimum Gasteiger partial charge on any atom is -0.274 e. The first-order valence-corrected chi connectivity index (χ1v) is 6.49. The average molecular weight is 262 g/mol. The predicted octanol–water partition coefficient (Wildman–Crippen LogP) is 2.80. The molecule has 1 aromatic heterocycles. The number of aromatic nitrogens is 1. The molecule has 0 radical (unpaired) electrons. The number of carbonyl (C=O) groups is 1. The summed E-state index contributed by atoms with van der Waals surface area (Å²) in [6.07, 6.45) is 0. The average Bonchev–Trinajstić information content (AvgIpc) is 2.79. The van der Waals surface area contributed by atoms with Gasteiger partial charge in [0.25, 0.3) is 5.91 Å². The first kappa shape index (κ1) is 12.7. The minimum absolute atomic E-state index is 0.242. The van der Waals surface area contributed by atoms with E-state index in [4.69, 9.17) is 4.84 Å². The Morgan fingerprint density at radius 2 is 2.11 bits per heavy atom. The molecule has 5 heteroatoms. The molecule has 0 spiro atoms. The number of nitrogens with one attached hydrogen (secondary N) is 1. The Hall–Kier alpha value is -1.72. The van der Waals surface area contributed by atoms with Gasteiger partial charge in [0.05, 0.1) is 12.3 Å². The van der Waals surface area contributed by atoms with Crippen molar-refractivity contribution in [2.24, 2.45) is 0 Å². The Labute approximate surface area is 110 Å². The Balaban J connectivity index is 2.25. The Kier molecular flexibility index (Phi) is 4.07. The summed E-state index contributed by atoms with van der Waals surface area (Å²) < 4.78 is 0. The van der Waals surface area contributed by atoms with Gasteiger partial charge in [-0.2, -0.15) is 0 Å². The molecule has 0 bridgehead atoms. The van der Waals surface area contributed by atoms with Gasteiger partial charge in [-0.3, -0.25) is 9.63 Å². The van der Waals surface area contributed by atoms with Crippen molar-refractivity contribution in [3.63, 3.8) is 0 Å². The highest BCUT2D eigenvalue weighted by Gasteiger charge is 2.15. The fourth-order valence-electron chi connectivity index (χ4n) is 1.50. The van der Waals surface area contributed by atoms with Gasteiger partial charge in [-0.25, -0.2) is 10.5 Å². The van der Waals surface area contributed by atoms with E-state index in [9.17, 15) is 4.79 Å². The molecule has 0 saturated heterocycles. The third kappa shape index (κ3) is 2.75. The summed E-state index contributed by atoms with van der Waals surface area (Å²) in [5.74, 6) is -0.242. The van der Waals surface area contributed by atoms with Gasteiger partial charge in [0, 0.05) is 5.56 Å². The van der Waals surface area contributed by atoms with Crippen LogP contribution >= 0.6 is 11.3 Å². The zero-order valence-electron chi connectivity index (χ0n) is 10.3. The Bertz CT molecular complexity index is 537. The first-order chi connectivity index (χ1) is 8.72. The van der Waals surface area contributed by atoms with Crippen molar-refractivity contribution in [3.8, 4) is 10.6 Å². The fraction of sp³-hybridized carbons (Fsp3) is 0.231. The summed E-state index contributed by atoms with van der Waals surface area (Å²) >= 11 is 1.37. The molecule has 0 unspecified atom stereocenters. The smallest absolute Gasteiger partial charge is 0.274 e. The molecule has 0 fully saturated rings. The number of thiazole rings is 1. The lowest BCUT2D eigenvalue weighted by atomic mass is 10.2. The van der Waals surface area contributed by atoms with Gasteiger partial charge >= 0.3 is 0 Å². The zero-order valence-corrected chi connectivity index (χ0v) is 11.1. The number of nitrogens with zero attached hydrogens (tertiary/aromatic N) is 1. The molecule has 18 heavy (non-hydrogen) atoms. The van der Waals surface area contributed by atoms with Crippen LogP contribution in [0, 0.1) is 6.92 Å². The number of benzene rings is 1. The van der Waals surface area contributed by atoms with Crippen LogP contribution in [-0.4, -0.2) is 17.5 Å². The molecule has 1 aromatic carbocycles. The fourth-order valence-corrected chi connectivity index (χ4v) is 2.45. The van der Waals surface area contributed by atoms with E-state index in [0.29, 0.717) is 11.5 Å². The van der Waals surface area contributed by atoms with E-state index in [0.717, 1.165) is 16.3 Å². The molecule has 4 nitrogen and oxygen atoms in total. The number of hydrogen-bond acceptors (Lipinski definition) is 4. The van der Waals surface area contributed by atoms with Gasteiger partial charge in [-0.05, 0) is 13.8 Å². The van der Waals surface area contributed by atoms with Crippen molar-refractivity contribution in [1.29, 1.82) is 0 Å². The molecule has 0 atom stereocenters. The molecule has 0 aliphatic heterocycles. The summed E-state index contributed by atoms with van der Waals surface area (Å²) in [5.41, 5.74) is 4.12. The normalized spacial score (nSPS) is 10.3. The van der Waals surface area contributed by atoms with Crippen LogP contribution in [0.25, 0.3) is 10.6 Å². The number of aryl methyl sites for hydroxylation is 1.